The van der Waals surface area contributed by atoms with Crippen molar-refractivity contribution in [1.29, 1.82) is 0 Å². The summed E-state index contributed by atoms with van der Waals surface area (Å²) >= 11 is 8.55. The molecule has 0 unspecified atom stereocenters. The summed E-state index contributed by atoms with van der Waals surface area (Å²) in [5.41, 5.74) is 0.943. The Balaban J connectivity index is 3.31. The highest BCUT2D eigenvalue weighted by Crippen LogP contribution is 2.24. The summed E-state index contributed by atoms with van der Waals surface area (Å²) in [7, 11) is 0. The van der Waals surface area contributed by atoms with Gasteiger partial charge in [-0.05, 0) is 40.5 Å². The minimum atomic E-state index is -0.396. The number of benzene rings is 1. The maximum atomic E-state index is 12.7. The van der Waals surface area contributed by atoms with E-state index in [-0.39, 0.29) is 5.02 Å². The Labute approximate surface area is 72.1 Å². The van der Waals surface area contributed by atoms with Crippen molar-refractivity contribution < 1.29 is 4.39 Å². The van der Waals surface area contributed by atoms with E-state index in [2.05, 4.69) is 15.9 Å². The lowest BCUT2D eigenvalue weighted by Gasteiger charge is -1.98. The van der Waals surface area contributed by atoms with Gasteiger partial charge in [0.05, 0.1) is 9.50 Å². The van der Waals surface area contributed by atoms with Crippen molar-refractivity contribution in [2.24, 2.45) is 0 Å². The molecule has 0 spiro atoms. The molecule has 0 bridgehead atoms. The molecule has 0 aromatic heterocycles. The van der Waals surface area contributed by atoms with Gasteiger partial charge in [-0.25, -0.2) is 4.39 Å². The molecule has 10 heavy (non-hydrogen) atoms. The Morgan fingerprint density at radius 1 is 1.50 bits per heavy atom. The highest BCUT2D eigenvalue weighted by molar-refractivity contribution is 9.10. The molecule has 0 nitrogen and oxygen atoms in total. The molecule has 0 aliphatic rings. The van der Waals surface area contributed by atoms with Crippen LogP contribution in [0, 0.1) is 12.7 Å². The Hall–Kier alpha value is -0.0800. The van der Waals surface area contributed by atoms with Crippen LogP contribution in [0.5, 0.6) is 0 Å². The van der Waals surface area contributed by atoms with Crippen LogP contribution in [0.1, 0.15) is 5.56 Å². The second-order valence-electron chi connectivity index (χ2n) is 2.04. The third-order valence-electron chi connectivity index (χ3n) is 1.13. The molecule has 0 heterocycles. The van der Waals surface area contributed by atoms with Gasteiger partial charge in [0.1, 0.15) is 0 Å². The molecule has 1 aromatic carbocycles. The fourth-order valence-electron chi connectivity index (χ4n) is 0.682. The lowest BCUT2D eigenvalue weighted by Crippen LogP contribution is -1.80. The van der Waals surface area contributed by atoms with Crippen molar-refractivity contribution in [3.8, 4) is 0 Å². The molecule has 0 amide bonds. The van der Waals surface area contributed by atoms with Crippen molar-refractivity contribution in [3.63, 3.8) is 0 Å². The van der Waals surface area contributed by atoms with Crippen molar-refractivity contribution in [2.75, 3.05) is 0 Å². The van der Waals surface area contributed by atoms with Gasteiger partial charge in [-0.15, -0.1) is 0 Å². The lowest BCUT2D eigenvalue weighted by molar-refractivity contribution is 0.621. The zero-order valence-electron chi connectivity index (χ0n) is 5.29. The van der Waals surface area contributed by atoms with E-state index < -0.39 is 5.82 Å². The average molecular weight is 223 g/mol. The zero-order valence-corrected chi connectivity index (χ0v) is 7.63. The van der Waals surface area contributed by atoms with E-state index in [0.717, 1.165) is 5.56 Å². The van der Waals surface area contributed by atoms with Crippen molar-refractivity contribution in [3.05, 3.63) is 33.0 Å². The fraction of sp³-hybridized carbons (Fsp3) is 0.143. The summed E-state index contributed by atoms with van der Waals surface area (Å²) in [6.45, 7) is 1.86. The normalized spacial score (nSPS) is 10.0. The van der Waals surface area contributed by atoms with Gasteiger partial charge in [0.25, 0.3) is 0 Å². The molecule has 3 heteroatoms. The Morgan fingerprint density at radius 2 is 2.10 bits per heavy atom. The summed E-state index contributed by atoms with van der Waals surface area (Å²) in [5.74, 6) is -0.396. The van der Waals surface area contributed by atoms with E-state index in [4.69, 9.17) is 11.6 Å². The lowest BCUT2D eigenvalue weighted by atomic mass is 10.2. The Kier molecular flexibility index (Phi) is 2.32. The van der Waals surface area contributed by atoms with Gasteiger partial charge in [0.15, 0.2) is 5.82 Å². The van der Waals surface area contributed by atoms with Crippen LogP contribution in [0.3, 0.4) is 0 Å². The number of aryl methyl sites for hydroxylation is 1. The standard InChI is InChI=1S/C7H5BrClF/c1-4-2-5(8)7(10)6(9)3-4/h2-3H,1H3. The number of hydrogen-bond acceptors (Lipinski definition) is 0. The third-order valence-corrected chi connectivity index (χ3v) is 1.98. The largest absolute Gasteiger partial charge is 0.204 e. The second kappa shape index (κ2) is 2.89. The molecule has 0 atom stereocenters. The predicted molar refractivity (Wildman–Crippen MR) is 43.8 cm³/mol. The summed E-state index contributed by atoms with van der Waals surface area (Å²) in [6, 6.07) is 3.27. The molecule has 0 fully saturated rings. The summed E-state index contributed by atoms with van der Waals surface area (Å²) in [5, 5.41) is 0.159. The minimum Gasteiger partial charge on any atom is -0.204 e. The molecule has 0 N–H and O–H groups in total. The third kappa shape index (κ3) is 1.50. The van der Waals surface area contributed by atoms with Crippen LogP contribution >= 0.6 is 27.5 Å². The number of hydrogen-bond donors (Lipinski definition) is 0. The van der Waals surface area contributed by atoms with Gasteiger partial charge >= 0.3 is 0 Å². The molecule has 0 aliphatic carbocycles. The van der Waals surface area contributed by atoms with Crippen LogP contribution in [0.15, 0.2) is 16.6 Å². The SMILES string of the molecule is Cc1cc(Cl)c(F)c(Br)c1. The molecule has 1 rings (SSSR count). The Morgan fingerprint density at radius 3 is 2.60 bits per heavy atom. The van der Waals surface area contributed by atoms with Gasteiger partial charge in [0.2, 0.25) is 0 Å². The summed E-state index contributed by atoms with van der Waals surface area (Å²) in [4.78, 5) is 0. The van der Waals surface area contributed by atoms with Gasteiger partial charge in [-0.2, -0.15) is 0 Å². The highest BCUT2D eigenvalue weighted by Gasteiger charge is 2.03. The molecule has 1 aromatic rings. The first-order chi connectivity index (χ1) is 4.61. The topological polar surface area (TPSA) is 0 Å². The van der Waals surface area contributed by atoms with E-state index in [1.165, 1.54) is 0 Å². The second-order valence-corrected chi connectivity index (χ2v) is 3.30. The predicted octanol–water partition coefficient (Wildman–Crippen LogP) is 3.55. The van der Waals surface area contributed by atoms with Gasteiger partial charge in [0, 0.05) is 0 Å². The molecule has 0 saturated carbocycles. The van der Waals surface area contributed by atoms with Gasteiger partial charge in [-0.3, -0.25) is 0 Å². The average Bonchev–Trinajstić information content (AvgIpc) is 1.82. The monoisotopic (exact) mass is 222 g/mol. The van der Waals surface area contributed by atoms with Crippen LogP contribution in [0.2, 0.25) is 5.02 Å². The van der Waals surface area contributed by atoms with Crippen LogP contribution in [-0.2, 0) is 0 Å². The van der Waals surface area contributed by atoms with Crippen LogP contribution in [0.4, 0.5) is 4.39 Å². The van der Waals surface area contributed by atoms with E-state index in [1.807, 2.05) is 6.92 Å². The first kappa shape index (κ1) is 8.02. The first-order valence-electron chi connectivity index (χ1n) is 2.72. The van der Waals surface area contributed by atoms with Gasteiger partial charge < -0.3 is 0 Å². The van der Waals surface area contributed by atoms with E-state index in [1.54, 1.807) is 12.1 Å². The van der Waals surface area contributed by atoms with Crippen molar-refractivity contribution >= 4 is 27.5 Å². The van der Waals surface area contributed by atoms with Crippen molar-refractivity contribution in [1.82, 2.24) is 0 Å². The maximum absolute atomic E-state index is 12.7. The summed E-state index contributed by atoms with van der Waals surface area (Å²) < 4.78 is 13.1. The molecule has 0 aliphatic heterocycles. The Bertz CT molecular complexity index is 237. The van der Waals surface area contributed by atoms with Gasteiger partial charge in [-0.1, -0.05) is 11.6 Å². The molecule has 54 valence electrons. The van der Waals surface area contributed by atoms with Crippen LogP contribution in [0.25, 0.3) is 0 Å². The minimum absolute atomic E-state index is 0.159. The number of halogens is 3. The van der Waals surface area contributed by atoms with Crippen LogP contribution < -0.4 is 0 Å². The molecule has 0 radical (unpaired) electrons. The fourth-order valence-corrected chi connectivity index (χ4v) is 1.64. The summed E-state index contributed by atoms with van der Waals surface area (Å²) in [6.07, 6.45) is 0. The quantitative estimate of drug-likeness (QED) is 0.590. The zero-order chi connectivity index (χ0) is 7.72. The maximum Gasteiger partial charge on any atom is 0.155 e. The first-order valence-corrected chi connectivity index (χ1v) is 3.89. The van der Waals surface area contributed by atoms with E-state index >= 15 is 0 Å². The molecular formula is C7H5BrClF. The van der Waals surface area contributed by atoms with Crippen LogP contribution in [-0.4, -0.2) is 0 Å². The molecule has 0 saturated heterocycles. The molecular weight excluding hydrogens is 218 g/mol. The van der Waals surface area contributed by atoms with E-state index in [9.17, 15) is 4.39 Å². The highest BCUT2D eigenvalue weighted by atomic mass is 79.9. The number of rotatable bonds is 0. The van der Waals surface area contributed by atoms with Crippen molar-refractivity contribution in [2.45, 2.75) is 6.92 Å². The smallest absolute Gasteiger partial charge is 0.155 e. The van der Waals surface area contributed by atoms with E-state index in [0.29, 0.717) is 4.47 Å².